The highest BCUT2D eigenvalue weighted by atomic mass is 31.2. The Hall–Kier alpha value is 0.0300. The highest BCUT2D eigenvalue weighted by Crippen LogP contribution is 2.26. The van der Waals surface area contributed by atoms with Gasteiger partial charge in [0.25, 0.3) is 0 Å². The van der Waals surface area contributed by atoms with Crippen LogP contribution in [0.3, 0.4) is 0 Å². The first-order valence-electron chi connectivity index (χ1n) is 28.8. The van der Waals surface area contributed by atoms with Gasteiger partial charge in [0.15, 0.2) is 0 Å². The highest BCUT2D eigenvalue weighted by Gasteiger charge is 2.13. The van der Waals surface area contributed by atoms with Gasteiger partial charge >= 0.3 is 7.82 Å². The van der Waals surface area contributed by atoms with Gasteiger partial charge in [-0.2, -0.15) is 0 Å². The van der Waals surface area contributed by atoms with E-state index in [0.29, 0.717) is 0 Å². The van der Waals surface area contributed by atoms with Crippen molar-refractivity contribution < 1.29 is 24.0 Å². The van der Waals surface area contributed by atoms with Gasteiger partial charge < -0.3 is 24.7 Å². The van der Waals surface area contributed by atoms with Crippen molar-refractivity contribution in [1.82, 2.24) is 5.32 Å². The molecular formula is C56H120NO5P. The SMILES string of the molecule is CCCCCCCCCCC(CCCCCCCC)COCC(CCCCCCCC)CCCCCCCCCC.CCCCCCCCNCCCCCCCC.O=P(O)(O)O. The molecular weight excluding hydrogens is 798 g/mol. The van der Waals surface area contributed by atoms with Crippen molar-refractivity contribution in [3.8, 4) is 0 Å². The van der Waals surface area contributed by atoms with Crippen LogP contribution in [0, 0.1) is 11.8 Å². The third-order valence-electron chi connectivity index (χ3n) is 13.0. The lowest BCUT2D eigenvalue weighted by atomic mass is 9.93. The molecule has 0 amide bonds. The maximum absolute atomic E-state index is 8.88. The lowest BCUT2D eigenvalue weighted by Crippen LogP contribution is -2.16. The number of phosphoric acid groups is 1. The summed E-state index contributed by atoms with van der Waals surface area (Å²) >= 11 is 0. The minimum Gasteiger partial charge on any atom is -0.381 e. The van der Waals surface area contributed by atoms with Crippen LogP contribution in [0.1, 0.15) is 324 Å². The molecule has 0 bridgehead atoms. The summed E-state index contributed by atoms with van der Waals surface area (Å²) in [7, 11) is -4.64. The van der Waals surface area contributed by atoms with Crippen LogP contribution in [-0.2, 0) is 9.30 Å². The molecule has 2 unspecified atom stereocenters. The molecule has 63 heavy (non-hydrogen) atoms. The molecule has 0 saturated heterocycles. The fourth-order valence-electron chi connectivity index (χ4n) is 8.77. The second-order valence-electron chi connectivity index (χ2n) is 19.7. The van der Waals surface area contributed by atoms with E-state index in [1.165, 1.54) is 296 Å². The molecule has 0 spiro atoms. The molecule has 7 heteroatoms. The topological polar surface area (TPSA) is 99.0 Å². The summed E-state index contributed by atoms with van der Waals surface area (Å²) < 4.78 is 15.5. The zero-order chi connectivity index (χ0) is 47.0. The van der Waals surface area contributed by atoms with Crippen LogP contribution in [0.2, 0.25) is 0 Å². The molecule has 0 rings (SSSR count). The molecule has 0 aromatic heterocycles. The zero-order valence-electron chi connectivity index (χ0n) is 44.2. The fraction of sp³-hybridized carbons (Fsp3) is 1.00. The van der Waals surface area contributed by atoms with Crippen LogP contribution in [0.25, 0.3) is 0 Å². The number of hydrogen-bond donors (Lipinski definition) is 4. The van der Waals surface area contributed by atoms with Gasteiger partial charge in [0.05, 0.1) is 0 Å². The minimum atomic E-state index is -4.64. The van der Waals surface area contributed by atoms with E-state index in [9.17, 15) is 0 Å². The number of rotatable bonds is 50. The van der Waals surface area contributed by atoms with Crippen LogP contribution >= 0.6 is 7.82 Å². The molecule has 0 aliphatic heterocycles. The molecule has 0 radical (unpaired) electrons. The Morgan fingerprint density at radius 3 is 0.698 bits per heavy atom. The molecule has 4 N–H and O–H groups in total. The van der Waals surface area contributed by atoms with Gasteiger partial charge in [-0.3, -0.25) is 0 Å². The predicted octanol–water partition coefficient (Wildman–Crippen LogP) is 19.2. The van der Waals surface area contributed by atoms with Gasteiger partial charge in [0, 0.05) is 13.2 Å². The molecule has 0 saturated carbocycles. The van der Waals surface area contributed by atoms with Crippen molar-refractivity contribution in [3.63, 3.8) is 0 Å². The quantitative estimate of drug-likeness (QED) is 0.0358. The summed E-state index contributed by atoms with van der Waals surface area (Å²) in [5, 5.41) is 3.57. The Morgan fingerprint density at radius 1 is 0.317 bits per heavy atom. The average molecular weight is 919 g/mol. The number of nitrogens with one attached hydrogen (secondary N) is 1. The largest absolute Gasteiger partial charge is 0.466 e. The molecule has 0 aromatic rings. The Labute approximate surface area is 397 Å². The van der Waals surface area contributed by atoms with E-state index in [1.807, 2.05) is 0 Å². The van der Waals surface area contributed by atoms with Crippen LogP contribution in [-0.4, -0.2) is 41.0 Å². The summed E-state index contributed by atoms with van der Waals surface area (Å²) in [6.45, 7) is 18.4. The normalized spacial score (nSPS) is 12.5. The first-order valence-corrected chi connectivity index (χ1v) is 30.3. The lowest BCUT2D eigenvalue weighted by molar-refractivity contribution is 0.0587. The first kappa shape index (κ1) is 67.3. The highest BCUT2D eigenvalue weighted by molar-refractivity contribution is 7.45. The Balaban J connectivity index is -0.00000134. The lowest BCUT2D eigenvalue weighted by Gasteiger charge is -2.21. The maximum atomic E-state index is 8.88. The van der Waals surface area contributed by atoms with E-state index < -0.39 is 7.82 Å². The number of ether oxygens (including phenoxy) is 1. The first-order chi connectivity index (χ1) is 30.7. The summed E-state index contributed by atoms with van der Waals surface area (Å²) in [5.74, 6) is 1.61. The van der Waals surface area contributed by atoms with Gasteiger partial charge in [0.2, 0.25) is 0 Å². The standard InChI is InChI=1S/C40H82O.C16H35N.H3O4P/c1-5-9-13-17-21-23-27-31-35-39(33-29-25-19-15-11-7-3)37-41-38-40(34-30-26-20-16-12-8-4)36-32-28-24-22-18-14-10-6-2;1-3-5-7-9-11-13-15-17-16-14-12-10-8-6-4-2;1-5(2,3)4/h39-40H,5-38H2,1-4H3;17H,3-16H2,1-2H3;(H3,1,2,3,4). The van der Waals surface area contributed by atoms with Crippen LogP contribution < -0.4 is 5.32 Å². The maximum Gasteiger partial charge on any atom is 0.466 e. The van der Waals surface area contributed by atoms with E-state index in [-0.39, 0.29) is 0 Å². The van der Waals surface area contributed by atoms with Crippen molar-refractivity contribution >= 4 is 7.82 Å². The van der Waals surface area contributed by atoms with Crippen molar-refractivity contribution in [1.29, 1.82) is 0 Å². The van der Waals surface area contributed by atoms with Crippen molar-refractivity contribution in [2.75, 3.05) is 26.3 Å². The molecule has 2 atom stereocenters. The summed E-state index contributed by atoms with van der Waals surface area (Å²) in [4.78, 5) is 21.6. The van der Waals surface area contributed by atoms with E-state index >= 15 is 0 Å². The molecule has 6 nitrogen and oxygen atoms in total. The smallest absolute Gasteiger partial charge is 0.381 e. The fourth-order valence-corrected chi connectivity index (χ4v) is 8.77. The molecule has 0 fully saturated rings. The second-order valence-corrected chi connectivity index (χ2v) is 20.7. The van der Waals surface area contributed by atoms with Crippen molar-refractivity contribution in [3.05, 3.63) is 0 Å². The minimum absolute atomic E-state index is 0.805. The Kier molecular flexibility index (Phi) is 64.1. The average Bonchev–Trinajstić information content (AvgIpc) is 3.26. The van der Waals surface area contributed by atoms with Gasteiger partial charge in [-0.05, 0) is 63.5 Å². The van der Waals surface area contributed by atoms with Crippen LogP contribution in [0.15, 0.2) is 0 Å². The molecule has 0 aliphatic rings. The molecule has 0 aromatic carbocycles. The second kappa shape index (κ2) is 60.0. The third kappa shape index (κ3) is 71.2. The van der Waals surface area contributed by atoms with Gasteiger partial charge in [-0.15, -0.1) is 0 Å². The molecule has 384 valence electrons. The Bertz CT molecular complexity index is 763. The summed E-state index contributed by atoms with van der Waals surface area (Å²) in [5.41, 5.74) is 0. The van der Waals surface area contributed by atoms with Crippen LogP contribution in [0.4, 0.5) is 0 Å². The monoisotopic (exact) mass is 918 g/mol. The van der Waals surface area contributed by atoms with Gasteiger partial charge in [-0.1, -0.05) is 286 Å². The van der Waals surface area contributed by atoms with Gasteiger partial charge in [-0.25, -0.2) is 4.57 Å². The van der Waals surface area contributed by atoms with E-state index in [2.05, 4.69) is 46.9 Å². The number of unbranched alkanes of at least 4 members (excludes halogenated alkanes) is 34. The van der Waals surface area contributed by atoms with Crippen LogP contribution in [0.5, 0.6) is 0 Å². The Morgan fingerprint density at radius 2 is 0.492 bits per heavy atom. The van der Waals surface area contributed by atoms with Crippen molar-refractivity contribution in [2.45, 2.75) is 324 Å². The van der Waals surface area contributed by atoms with E-state index in [1.54, 1.807) is 0 Å². The van der Waals surface area contributed by atoms with Crippen molar-refractivity contribution in [2.24, 2.45) is 11.8 Å². The summed E-state index contributed by atoms with van der Waals surface area (Å²) in [6, 6.07) is 0. The van der Waals surface area contributed by atoms with E-state index in [0.717, 1.165) is 25.0 Å². The molecule has 0 heterocycles. The van der Waals surface area contributed by atoms with Gasteiger partial charge in [0.1, 0.15) is 0 Å². The predicted molar refractivity (Wildman–Crippen MR) is 282 cm³/mol. The zero-order valence-corrected chi connectivity index (χ0v) is 45.1. The summed E-state index contributed by atoms with van der Waals surface area (Å²) in [6.07, 6.45) is 62.5. The number of hydrogen-bond acceptors (Lipinski definition) is 3. The van der Waals surface area contributed by atoms with E-state index in [4.69, 9.17) is 24.0 Å². The third-order valence-corrected chi connectivity index (χ3v) is 13.0. The molecule has 0 aliphatic carbocycles.